The first-order valence-electron chi connectivity index (χ1n) is 6.74. The van der Waals surface area contributed by atoms with Crippen molar-refractivity contribution in [3.8, 4) is 10.4 Å². The predicted molar refractivity (Wildman–Crippen MR) is 94.4 cm³/mol. The predicted octanol–water partition coefficient (Wildman–Crippen LogP) is 3.92. The standard InChI is InChI=1S/C16H10BrN3O3S/c17-10-3-1-9(2-4-10)14-13(16(22)23)12(8-24-14)20-15(21)11-7-18-5-6-19-11/h1-8H,(H,20,21)(H,22,23). The van der Waals surface area contributed by atoms with Crippen molar-refractivity contribution in [2.75, 3.05) is 5.32 Å². The lowest BCUT2D eigenvalue weighted by Crippen LogP contribution is -2.15. The Balaban J connectivity index is 1.96. The van der Waals surface area contributed by atoms with Crippen molar-refractivity contribution in [3.05, 3.63) is 64.0 Å². The van der Waals surface area contributed by atoms with Crippen LogP contribution >= 0.6 is 27.3 Å². The first-order valence-corrected chi connectivity index (χ1v) is 8.41. The van der Waals surface area contributed by atoms with Crippen LogP contribution in [0.4, 0.5) is 5.69 Å². The summed E-state index contributed by atoms with van der Waals surface area (Å²) in [6, 6.07) is 7.30. The topological polar surface area (TPSA) is 92.2 Å². The number of anilines is 1. The molecule has 24 heavy (non-hydrogen) atoms. The summed E-state index contributed by atoms with van der Waals surface area (Å²) in [5, 5.41) is 13.7. The molecule has 2 aromatic heterocycles. The van der Waals surface area contributed by atoms with Crippen molar-refractivity contribution in [1.29, 1.82) is 0 Å². The van der Waals surface area contributed by atoms with Gasteiger partial charge in [0, 0.05) is 22.2 Å². The van der Waals surface area contributed by atoms with Gasteiger partial charge < -0.3 is 10.4 Å². The molecular weight excluding hydrogens is 394 g/mol. The maximum Gasteiger partial charge on any atom is 0.339 e. The van der Waals surface area contributed by atoms with Crippen molar-refractivity contribution >= 4 is 44.8 Å². The molecule has 0 atom stereocenters. The number of halogens is 1. The molecule has 0 radical (unpaired) electrons. The zero-order valence-electron chi connectivity index (χ0n) is 12.1. The third-order valence-corrected chi connectivity index (χ3v) is 4.71. The van der Waals surface area contributed by atoms with Crippen LogP contribution in [0.3, 0.4) is 0 Å². The highest BCUT2D eigenvalue weighted by molar-refractivity contribution is 9.10. The summed E-state index contributed by atoms with van der Waals surface area (Å²) in [5.74, 6) is -1.62. The van der Waals surface area contributed by atoms with E-state index < -0.39 is 11.9 Å². The maximum absolute atomic E-state index is 12.2. The Morgan fingerprint density at radius 2 is 1.92 bits per heavy atom. The van der Waals surface area contributed by atoms with Gasteiger partial charge in [-0.15, -0.1) is 11.3 Å². The third-order valence-electron chi connectivity index (χ3n) is 3.16. The number of aromatic nitrogens is 2. The van der Waals surface area contributed by atoms with Crippen LogP contribution in [-0.4, -0.2) is 27.0 Å². The van der Waals surface area contributed by atoms with Crippen LogP contribution in [0.15, 0.2) is 52.7 Å². The summed E-state index contributed by atoms with van der Waals surface area (Å²) >= 11 is 4.60. The first-order chi connectivity index (χ1) is 11.6. The average molecular weight is 404 g/mol. The molecule has 0 aliphatic heterocycles. The molecule has 0 aliphatic carbocycles. The number of carbonyl (C=O) groups is 2. The second-order valence-electron chi connectivity index (χ2n) is 4.71. The summed E-state index contributed by atoms with van der Waals surface area (Å²) < 4.78 is 0.899. The Morgan fingerprint density at radius 3 is 2.54 bits per heavy atom. The van der Waals surface area contributed by atoms with Gasteiger partial charge >= 0.3 is 5.97 Å². The van der Waals surface area contributed by atoms with Gasteiger partial charge in [-0.1, -0.05) is 28.1 Å². The molecule has 0 unspecified atom stereocenters. The number of carboxylic acid groups (broad SMARTS) is 1. The fourth-order valence-corrected chi connectivity index (χ4v) is 3.34. The van der Waals surface area contributed by atoms with Gasteiger partial charge in [-0.3, -0.25) is 9.78 Å². The minimum atomic E-state index is -1.11. The van der Waals surface area contributed by atoms with Crippen molar-refractivity contribution in [2.45, 2.75) is 0 Å². The monoisotopic (exact) mass is 403 g/mol. The van der Waals surface area contributed by atoms with E-state index in [0.717, 1.165) is 10.0 Å². The SMILES string of the molecule is O=C(Nc1csc(-c2ccc(Br)cc2)c1C(=O)O)c1cnccn1. The molecule has 3 aromatic rings. The van der Waals surface area contributed by atoms with Crippen LogP contribution in [0.2, 0.25) is 0 Å². The van der Waals surface area contributed by atoms with E-state index in [2.05, 4.69) is 31.2 Å². The number of nitrogens with one attached hydrogen (secondary N) is 1. The van der Waals surface area contributed by atoms with Crippen LogP contribution in [0, 0.1) is 0 Å². The summed E-state index contributed by atoms with van der Waals surface area (Å²) in [7, 11) is 0. The van der Waals surface area contributed by atoms with Crippen molar-refractivity contribution < 1.29 is 14.7 Å². The van der Waals surface area contributed by atoms with Crippen LogP contribution in [0.1, 0.15) is 20.8 Å². The second kappa shape index (κ2) is 6.90. The van der Waals surface area contributed by atoms with Gasteiger partial charge in [0.05, 0.1) is 16.8 Å². The van der Waals surface area contributed by atoms with E-state index in [0.29, 0.717) is 4.88 Å². The Kier molecular flexibility index (Phi) is 4.68. The molecule has 1 amide bonds. The molecule has 0 bridgehead atoms. The molecule has 0 aliphatic rings. The summed E-state index contributed by atoms with van der Waals surface area (Å²) in [5.41, 5.74) is 1.17. The number of aromatic carboxylic acids is 1. The average Bonchev–Trinajstić information content (AvgIpc) is 3.00. The van der Waals surface area contributed by atoms with Gasteiger partial charge in [0.1, 0.15) is 11.3 Å². The molecular formula is C16H10BrN3O3S. The summed E-state index contributed by atoms with van der Waals surface area (Å²) in [6.07, 6.45) is 4.17. The van der Waals surface area contributed by atoms with Crippen molar-refractivity contribution in [2.24, 2.45) is 0 Å². The molecule has 2 heterocycles. The normalized spacial score (nSPS) is 10.4. The number of hydrogen-bond donors (Lipinski definition) is 2. The molecule has 0 spiro atoms. The molecule has 8 heteroatoms. The number of carboxylic acids is 1. The molecule has 120 valence electrons. The minimum absolute atomic E-state index is 0.0552. The zero-order chi connectivity index (χ0) is 17.1. The van der Waals surface area contributed by atoms with Gasteiger partial charge in [0.25, 0.3) is 5.91 Å². The van der Waals surface area contributed by atoms with Crippen LogP contribution in [0.25, 0.3) is 10.4 Å². The smallest absolute Gasteiger partial charge is 0.339 e. The lowest BCUT2D eigenvalue weighted by Gasteiger charge is -2.05. The van der Waals surface area contributed by atoms with Gasteiger partial charge in [0.15, 0.2) is 0 Å². The lowest BCUT2D eigenvalue weighted by atomic mass is 10.1. The Morgan fingerprint density at radius 1 is 1.17 bits per heavy atom. The quantitative estimate of drug-likeness (QED) is 0.688. The Hall–Kier alpha value is -2.58. The number of hydrogen-bond acceptors (Lipinski definition) is 5. The largest absolute Gasteiger partial charge is 0.478 e. The van der Waals surface area contributed by atoms with E-state index in [1.54, 1.807) is 5.38 Å². The Bertz CT molecular complexity index is 895. The van der Waals surface area contributed by atoms with E-state index in [4.69, 9.17) is 0 Å². The van der Waals surface area contributed by atoms with Crippen LogP contribution in [0.5, 0.6) is 0 Å². The molecule has 3 rings (SSSR count). The highest BCUT2D eigenvalue weighted by atomic mass is 79.9. The van der Waals surface area contributed by atoms with Crippen molar-refractivity contribution in [1.82, 2.24) is 9.97 Å². The van der Waals surface area contributed by atoms with Gasteiger partial charge in [-0.05, 0) is 17.7 Å². The summed E-state index contributed by atoms with van der Waals surface area (Å²) in [4.78, 5) is 32.1. The number of thiophene rings is 1. The van der Waals surface area contributed by atoms with E-state index >= 15 is 0 Å². The molecule has 0 saturated heterocycles. The van der Waals surface area contributed by atoms with Crippen LogP contribution in [-0.2, 0) is 0 Å². The fourth-order valence-electron chi connectivity index (χ4n) is 2.08. The van der Waals surface area contributed by atoms with E-state index in [9.17, 15) is 14.7 Å². The first kappa shape index (κ1) is 16.3. The Labute approximate surface area is 149 Å². The molecule has 0 fully saturated rings. The molecule has 0 saturated carbocycles. The number of benzene rings is 1. The van der Waals surface area contributed by atoms with Crippen molar-refractivity contribution in [3.63, 3.8) is 0 Å². The van der Waals surface area contributed by atoms with Gasteiger partial charge in [0.2, 0.25) is 0 Å². The number of nitrogens with zero attached hydrogens (tertiary/aromatic N) is 2. The third kappa shape index (κ3) is 3.34. The molecule has 6 nitrogen and oxygen atoms in total. The fraction of sp³-hybridized carbons (Fsp3) is 0. The highest BCUT2D eigenvalue weighted by Crippen LogP contribution is 2.36. The van der Waals surface area contributed by atoms with E-state index in [1.165, 1.54) is 29.9 Å². The lowest BCUT2D eigenvalue weighted by molar-refractivity contribution is 0.0699. The van der Waals surface area contributed by atoms with E-state index in [-0.39, 0.29) is 16.9 Å². The molecule has 1 aromatic carbocycles. The second-order valence-corrected chi connectivity index (χ2v) is 6.51. The number of carbonyl (C=O) groups excluding carboxylic acids is 1. The van der Waals surface area contributed by atoms with Gasteiger partial charge in [-0.2, -0.15) is 0 Å². The van der Waals surface area contributed by atoms with Crippen LogP contribution < -0.4 is 5.32 Å². The summed E-state index contributed by atoms with van der Waals surface area (Å²) in [6.45, 7) is 0. The maximum atomic E-state index is 12.2. The van der Waals surface area contributed by atoms with E-state index in [1.807, 2.05) is 24.3 Å². The highest BCUT2D eigenvalue weighted by Gasteiger charge is 2.21. The van der Waals surface area contributed by atoms with Gasteiger partial charge in [-0.25, -0.2) is 9.78 Å². The number of rotatable bonds is 4. The minimum Gasteiger partial charge on any atom is -0.478 e. The zero-order valence-corrected chi connectivity index (χ0v) is 14.5. The molecule has 2 N–H and O–H groups in total. The number of amides is 1.